The summed E-state index contributed by atoms with van der Waals surface area (Å²) in [7, 11) is 1.74. The number of rotatable bonds is 10. The van der Waals surface area contributed by atoms with Crippen molar-refractivity contribution in [3.63, 3.8) is 0 Å². The summed E-state index contributed by atoms with van der Waals surface area (Å²) in [6, 6.07) is 3.22. The lowest BCUT2D eigenvalue weighted by atomic mass is 9.91. The molecule has 0 radical (unpaired) electrons. The van der Waals surface area contributed by atoms with Crippen molar-refractivity contribution >= 4 is 23.4 Å². The molecule has 2 saturated carbocycles. The summed E-state index contributed by atoms with van der Waals surface area (Å²) in [5.74, 6) is 2.12. The highest BCUT2D eigenvalue weighted by atomic mass is 35.5. The smallest absolute Gasteiger partial charge is 0.223 e. The number of ether oxygens (including phenoxy) is 1. The van der Waals surface area contributed by atoms with Crippen molar-refractivity contribution in [2.24, 2.45) is 5.92 Å². The van der Waals surface area contributed by atoms with Crippen LogP contribution in [0.3, 0.4) is 0 Å². The fourth-order valence-corrected chi connectivity index (χ4v) is 4.28. The zero-order valence-corrected chi connectivity index (χ0v) is 19.0. The van der Waals surface area contributed by atoms with Gasteiger partial charge in [-0.05, 0) is 57.4 Å². The minimum Gasteiger partial charge on any atom is -0.383 e. The highest BCUT2D eigenvalue weighted by molar-refractivity contribution is 6.32. The second-order valence-electron chi connectivity index (χ2n) is 8.76. The molecule has 2 aromatic heterocycles. The number of halogens is 1. The summed E-state index contributed by atoms with van der Waals surface area (Å²) >= 11 is 6.42. The van der Waals surface area contributed by atoms with Crippen molar-refractivity contribution in [2.45, 2.75) is 63.6 Å². The van der Waals surface area contributed by atoms with Crippen molar-refractivity contribution in [1.29, 1.82) is 0 Å². The van der Waals surface area contributed by atoms with E-state index in [1.807, 2.05) is 6.07 Å². The van der Waals surface area contributed by atoms with Gasteiger partial charge in [-0.1, -0.05) is 11.6 Å². The van der Waals surface area contributed by atoms with Crippen LogP contribution >= 0.6 is 11.6 Å². The lowest BCUT2D eigenvalue weighted by Gasteiger charge is -2.31. The first-order valence-electron chi connectivity index (χ1n) is 11.2. The Balaban J connectivity index is 1.35. The molecule has 1 unspecified atom stereocenters. The van der Waals surface area contributed by atoms with Crippen LogP contribution in [0.4, 0.5) is 11.8 Å². The molecule has 2 aromatic rings. The van der Waals surface area contributed by atoms with Crippen LogP contribution in [-0.4, -0.2) is 58.6 Å². The van der Waals surface area contributed by atoms with E-state index in [0.29, 0.717) is 34.8 Å². The van der Waals surface area contributed by atoms with Crippen LogP contribution in [0.1, 0.15) is 45.4 Å². The molecule has 0 spiro atoms. The minimum absolute atomic E-state index is 0.358. The Labute approximate surface area is 188 Å². The molecule has 0 amide bonds. The van der Waals surface area contributed by atoms with Crippen LogP contribution in [-0.2, 0) is 4.74 Å². The fraction of sp³-hybridized carbons (Fsp3) is 0.636. The van der Waals surface area contributed by atoms with E-state index in [9.17, 15) is 0 Å². The maximum atomic E-state index is 6.42. The Hall–Kier alpha value is -2.03. The van der Waals surface area contributed by atoms with Crippen molar-refractivity contribution in [2.75, 3.05) is 30.9 Å². The number of nitrogens with one attached hydrogen (secondary N) is 3. The third-order valence-corrected chi connectivity index (χ3v) is 6.21. The van der Waals surface area contributed by atoms with Crippen LogP contribution in [0, 0.1) is 5.92 Å². The van der Waals surface area contributed by atoms with Gasteiger partial charge in [0.2, 0.25) is 5.95 Å². The van der Waals surface area contributed by atoms with Gasteiger partial charge in [0.1, 0.15) is 5.82 Å². The number of nitrogens with zero attached hydrogens (tertiary/aromatic N) is 4. The van der Waals surface area contributed by atoms with E-state index in [1.165, 1.54) is 12.8 Å². The fourth-order valence-electron chi connectivity index (χ4n) is 4.08. The molecule has 168 valence electrons. The third-order valence-electron chi connectivity index (χ3n) is 5.94. The summed E-state index contributed by atoms with van der Waals surface area (Å²) in [5.41, 5.74) is 1.51. The normalized spacial score (nSPS) is 22.2. The lowest BCUT2D eigenvalue weighted by molar-refractivity contribution is 0.161. The van der Waals surface area contributed by atoms with Gasteiger partial charge in [-0.3, -0.25) is 0 Å². The third kappa shape index (κ3) is 6.48. The van der Waals surface area contributed by atoms with Gasteiger partial charge >= 0.3 is 0 Å². The minimum atomic E-state index is 0.358. The Morgan fingerprint density at radius 3 is 2.65 bits per heavy atom. The zero-order chi connectivity index (χ0) is 21.6. The molecule has 1 atom stereocenters. The molecule has 8 nitrogen and oxygen atoms in total. The number of aromatic nitrogens is 4. The van der Waals surface area contributed by atoms with Gasteiger partial charge in [0.25, 0.3) is 0 Å². The lowest BCUT2D eigenvalue weighted by Crippen LogP contribution is -2.43. The summed E-state index contributed by atoms with van der Waals surface area (Å²) < 4.78 is 5.22. The van der Waals surface area contributed by atoms with Crippen molar-refractivity contribution in [3.05, 3.63) is 23.5 Å². The maximum absolute atomic E-state index is 6.42. The van der Waals surface area contributed by atoms with Gasteiger partial charge in [0, 0.05) is 37.3 Å². The summed E-state index contributed by atoms with van der Waals surface area (Å²) in [5, 5.41) is 19.3. The second-order valence-corrected chi connectivity index (χ2v) is 9.17. The van der Waals surface area contributed by atoms with E-state index in [-0.39, 0.29) is 0 Å². The molecular weight excluding hydrogens is 414 g/mol. The van der Waals surface area contributed by atoms with E-state index in [2.05, 4.69) is 38.1 Å². The van der Waals surface area contributed by atoms with E-state index in [4.69, 9.17) is 21.3 Å². The monoisotopic (exact) mass is 445 g/mol. The molecule has 0 bridgehead atoms. The van der Waals surface area contributed by atoms with E-state index in [0.717, 1.165) is 56.1 Å². The van der Waals surface area contributed by atoms with Gasteiger partial charge in [0.15, 0.2) is 0 Å². The average Bonchev–Trinajstić information content (AvgIpc) is 3.60. The predicted octanol–water partition coefficient (Wildman–Crippen LogP) is 3.76. The second kappa shape index (κ2) is 10.5. The number of anilines is 2. The Kier molecular flexibility index (Phi) is 7.53. The first kappa shape index (κ1) is 22.2. The van der Waals surface area contributed by atoms with E-state index in [1.54, 1.807) is 19.5 Å². The van der Waals surface area contributed by atoms with Gasteiger partial charge in [-0.15, -0.1) is 5.10 Å². The quantitative estimate of drug-likeness (QED) is 0.508. The Morgan fingerprint density at radius 2 is 1.90 bits per heavy atom. The van der Waals surface area contributed by atoms with Gasteiger partial charge in [-0.2, -0.15) is 5.10 Å². The van der Waals surface area contributed by atoms with Crippen LogP contribution in [0.2, 0.25) is 5.02 Å². The molecule has 2 fully saturated rings. The number of methoxy groups -OCH3 is 1. The van der Waals surface area contributed by atoms with Crippen molar-refractivity contribution < 1.29 is 4.74 Å². The van der Waals surface area contributed by atoms with Gasteiger partial charge in [0.05, 0.1) is 29.7 Å². The Morgan fingerprint density at radius 1 is 1.13 bits per heavy atom. The molecule has 0 saturated heterocycles. The zero-order valence-electron chi connectivity index (χ0n) is 18.3. The van der Waals surface area contributed by atoms with Crippen molar-refractivity contribution in [3.8, 4) is 11.3 Å². The Bertz CT molecular complexity index is 856. The summed E-state index contributed by atoms with van der Waals surface area (Å²) in [6.45, 7) is 3.84. The van der Waals surface area contributed by atoms with E-state index < -0.39 is 0 Å². The molecular formula is C22H32ClN7O. The standard InChI is InChI=1S/C22H32ClN7O/c1-14(13-31-2)27-17-5-7-18(8-6-17)28-22-25-12-19(23)21(29-22)16-9-20(30-26-11-16)24-10-15-3-4-15/h9,11-12,14-15,17-18,27H,3-8,10,13H2,1-2H3,(H,24,30)(H,25,28,29). The highest BCUT2D eigenvalue weighted by Gasteiger charge is 2.23. The van der Waals surface area contributed by atoms with Gasteiger partial charge in [-0.25, -0.2) is 9.97 Å². The van der Waals surface area contributed by atoms with Crippen LogP contribution < -0.4 is 16.0 Å². The topological polar surface area (TPSA) is 96.9 Å². The first-order chi connectivity index (χ1) is 15.1. The summed E-state index contributed by atoms with van der Waals surface area (Å²) in [4.78, 5) is 9.10. The highest BCUT2D eigenvalue weighted by Crippen LogP contribution is 2.30. The number of hydrogen-bond acceptors (Lipinski definition) is 8. The molecule has 2 aliphatic carbocycles. The molecule has 2 aliphatic rings. The molecule has 0 aliphatic heterocycles. The first-order valence-corrected chi connectivity index (χ1v) is 11.6. The summed E-state index contributed by atoms with van der Waals surface area (Å²) in [6.07, 6.45) is 10.3. The molecule has 31 heavy (non-hydrogen) atoms. The molecule has 3 N–H and O–H groups in total. The van der Waals surface area contributed by atoms with Crippen LogP contribution in [0.25, 0.3) is 11.3 Å². The largest absolute Gasteiger partial charge is 0.383 e. The molecule has 0 aromatic carbocycles. The average molecular weight is 446 g/mol. The predicted molar refractivity (Wildman–Crippen MR) is 123 cm³/mol. The number of hydrogen-bond donors (Lipinski definition) is 3. The SMILES string of the molecule is COCC(C)NC1CCC(Nc2ncc(Cl)c(-c3cnnc(NCC4CC4)c3)n2)CC1. The van der Waals surface area contributed by atoms with E-state index >= 15 is 0 Å². The molecule has 9 heteroatoms. The molecule has 2 heterocycles. The van der Waals surface area contributed by atoms with Crippen molar-refractivity contribution in [1.82, 2.24) is 25.5 Å². The molecule has 4 rings (SSSR count). The maximum Gasteiger partial charge on any atom is 0.223 e. The van der Waals surface area contributed by atoms with Crippen LogP contribution in [0.5, 0.6) is 0 Å². The van der Waals surface area contributed by atoms with Gasteiger partial charge < -0.3 is 20.7 Å². The van der Waals surface area contributed by atoms with Crippen LogP contribution in [0.15, 0.2) is 18.5 Å².